The van der Waals surface area contributed by atoms with Gasteiger partial charge in [-0.3, -0.25) is 4.79 Å². The van der Waals surface area contributed by atoms with Crippen LogP contribution in [0.5, 0.6) is 5.75 Å². The lowest BCUT2D eigenvalue weighted by molar-refractivity contribution is -0.140. The summed E-state index contributed by atoms with van der Waals surface area (Å²) >= 11 is 0. The van der Waals surface area contributed by atoms with Gasteiger partial charge < -0.3 is 34.9 Å². The average Bonchev–Trinajstić information content (AvgIpc) is 3.43. The second-order valence-electron chi connectivity index (χ2n) is 13.4. The maximum absolute atomic E-state index is 13.8. The molecule has 0 unspecified atom stereocenters. The van der Waals surface area contributed by atoms with E-state index < -0.39 is 12.7 Å². The Bertz CT molecular complexity index is 1640. The average molecular weight is 666 g/mol. The third kappa shape index (κ3) is 7.87. The van der Waals surface area contributed by atoms with Crippen LogP contribution in [0.25, 0.3) is 10.9 Å². The number of amides is 1. The number of hydrogen-bond donors (Lipinski definition) is 3. The fourth-order valence-electron chi connectivity index (χ4n) is 7.73. The van der Waals surface area contributed by atoms with Crippen LogP contribution in [-0.2, 0) is 11.3 Å². The molecule has 0 radical (unpaired) electrons. The molecule has 2 aromatic carbocycles. The zero-order valence-electron chi connectivity index (χ0n) is 27.8. The van der Waals surface area contributed by atoms with Gasteiger partial charge in [-0.25, -0.2) is 0 Å². The van der Waals surface area contributed by atoms with Crippen LogP contribution in [0.3, 0.4) is 0 Å². The second-order valence-corrected chi connectivity index (χ2v) is 13.4. The zero-order chi connectivity index (χ0) is 33.7. The highest BCUT2D eigenvalue weighted by Gasteiger charge is 2.38. The van der Waals surface area contributed by atoms with Gasteiger partial charge in [0.15, 0.2) is 0 Å². The summed E-state index contributed by atoms with van der Waals surface area (Å²) in [6.07, 6.45) is 4.86. The third-order valence-electron chi connectivity index (χ3n) is 10.5. The Labute approximate surface area is 280 Å². The van der Waals surface area contributed by atoms with Crippen LogP contribution >= 0.6 is 0 Å². The number of nitrogens with one attached hydrogen (secondary N) is 3. The summed E-state index contributed by atoms with van der Waals surface area (Å²) < 4.78 is 53.5. The molecule has 3 heterocycles. The van der Waals surface area contributed by atoms with Crippen molar-refractivity contribution in [2.45, 2.75) is 76.2 Å². The number of piperidine rings is 1. The van der Waals surface area contributed by atoms with E-state index in [-0.39, 0.29) is 18.5 Å². The first kappa shape index (κ1) is 34.0. The van der Waals surface area contributed by atoms with Crippen molar-refractivity contribution in [3.63, 3.8) is 0 Å². The number of aromatic nitrogens is 1. The number of halogens is 3. The van der Waals surface area contributed by atoms with Crippen LogP contribution in [0.1, 0.15) is 67.4 Å². The predicted molar refractivity (Wildman–Crippen MR) is 183 cm³/mol. The summed E-state index contributed by atoms with van der Waals surface area (Å²) in [4.78, 5) is 14.7. The van der Waals surface area contributed by atoms with Gasteiger partial charge in [-0.05, 0) is 112 Å². The van der Waals surface area contributed by atoms with Gasteiger partial charge in [-0.2, -0.15) is 13.2 Å². The summed E-state index contributed by atoms with van der Waals surface area (Å²) in [7, 11) is 3.06. The molecule has 3 N–H and O–H groups in total. The van der Waals surface area contributed by atoms with Gasteiger partial charge in [0, 0.05) is 49.0 Å². The van der Waals surface area contributed by atoms with E-state index in [0.717, 1.165) is 50.0 Å². The van der Waals surface area contributed by atoms with Crippen molar-refractivity contribution in [2.24, 2.45) is 5.41 Å². The van der Waals surface area contributed by atoms with E-state index in [2.05, 4.69) is 32.7 Å². The molecule has 1 aromatic heterocycles. The molecule has 48 heavy (non-hydrogen) atoms. The highest BCUT2D eigenvalue weighted by atomic mass is 19.4. The van der Waals surface area contributed by atoms with Gasteiger partial charge in [-0.1, -0.05) is 12.0 Å². The largest absolute Gasteiger partial charge is 0.495 e. The molecular formula is C37H46F3N5O3. The number of alkyl halides is 3. The summed E-state index contributed by atoms with van der Waals surface area (Å²) in [5.41, 5.74) is 3.22. The summed E-state index contributed by atoms with van der Waals surface area (Å²) in [5, 5.41) is 10.1. The quantitative estimate of drug-likeness (QED) is 0.234. The minimum absolute atomic E-state index is 0.171. The first-order valence-corrected chi connectivity index (χ1v) is 17.1. The summed E-state index contributed by atoms with van der Waals surface area (Å²) in [6.45, 7) is 3.20. The molecule has 2 saturated heterocycles. The van der Waals surface area contributed by atoms with Crippen LogP contribution in [0.2, 0.25) is 0 Å². The summed E-state index contributed by atoms with van der Waals surface area (Å²) in [5.74, 6) is 6.18. The topological polar surface area (TPSA) is 79.8 Å². The molecule has 1 aliphatic carbocycles. The number of ether oxygens (including phenoxy) is 2. The lowest BCUT2D eigenvalue weighted by Gasteiger charge is -2.47. The molecule has 1 spiro atoms. The molecule has 1 amide bonds. The molecule has 3 aromatic rings. The van der Waals surface area contributed by atoms with Gasteiger partial charge in [0.05, 0.1) is 30.6 Å². The number of likely N-dealkylation sites (tertiary alicyclic amines) is 1. The number of rotatable bonds is 8. The highest BCUT2D eigenvalue weighted by Crippen LogP contribution is 2.42. The van der Waals surface area contributed by atoms with Gasteiger partial charge in [0.25, 0.3) is 5.91 Å². The van der Waals surface area contributed by atoms with E-state index in [4.69, 9.17) is 9.47 Å². The third-order valence-corrected chi connectivity index (χ3v) is 10.5. The SMILES string of the molecule is CNC(=O)c1ccc(NCC#Cc2cc3c(N[C@H]4CC[C@H](N5CCC6(CCOCC6)CC5)CC4)cccc3n2CC(F)(F)F)c(OC)c1. The summed E-state index contributed by atoms with van der Waals surface area (Å²) in [6, 6.07) is 13.1. The molecule has 3 aliphatic rings. The maximum Gasteiger partial charge on any atom is 0.406 e. The Balaban J connectivity index is 1.12. The first-order valence-electron chi connectivity index (χ1n) is 17.1. The standard InChI is InChI=1S/C37H46F3N5O3/c1-41-35(46)26-8-13-32(34(23-26)47-2)42-18-4-5-29-24-30-31(6-3-7-33(30)45(29)25-37(38,39)40)43-27-9-11-28(12-10-27)44-19-14-36(15-20-44)16-21-48-22-17-36/h3,6-8,13,23-24,27-28,42-43H,9-12,14-22,25H2,1-2H3,(H,41,46)/t27-,28-. The van der Waals surface area contributed by atoms with E-state index in [9.17, 15) is 18.0 Å². The maximum atomic E-state index is 13.8. The lowest BCUT2D eigenvalue weighted by atomic mass is 9.72. The Morgan fingerprint density at radius 3 is 2.46 bits per heavy atom. The fraction of sp³-hybridized carbons (Fsp3) is 0.541. The normalized spacial score (nSPS) is 21.4. The molecule has 11 heteroatoms. The fourth-order valence-corrected chi connectivity index (χ4v) is 7.73. The van der Waals surface area contributed by atoms with E-state index in [0.29, 0.717) is 39.7 Å². The minimum atomic E-state index is -4.40. The zero-order valence-corrected chi connectivity index (χ0v) is 27.8. The molecule has 8 nitrogen and oxygen atoms in total. The Hall–Kier alpha value is -3.88. The van der Waals surface area contributed by atoms with E-state index in [1.165, 1.54) is 50.4 Å². The van der Waals surface area contributed by atoms with E-state index in [1.807, 2.05) is 12.1 Å². The van der Waals surface area contributed by atoms with Gasteiger partial charge >= 0.3 is 6.18 Å². The molecular weight excluding hydrogens is 619 g/mol. The molecule has 3 fully saturated rings. The number of carbonyl (C=O) groups excluding carboxylic acids is 1. The van der Waals surface area contributed by atoms with Crippen molar-refractivity contribution < 1.29 is 27.4 Å². The van der Waals surface area contributed by atoms with Crippen molar-refractivity contribution >= 4 is 28.2 Å². The minimum Gasteiger partial charge on any atom is -0.495 e. The number of methoxy groups -OCH3 is 1. The Morgan fingerprint density at radius 2 is 1.77 bits per heavy atom. The van der Waals surface area contributed by atoms with E-state index in [1.54, 1.807) is 37.4 Å². The van der Waals surface area contributed by atoms with Crippen molar-refractivity contribution in [1.82, 2.24) is 14.8 Å². The number of anilines is 2. The Kier molecular flexibility index (Phi) is 10.4. The number of hydrogen-bond acceptors (Lipinski definition) is 6. The predicted octanol–water partition coefficient (Wildman–Crippen LogP) is 6.65. The van der Waals surface area contributed by atoms with Crippen molar-refractivity contribution in [1.29, 1.82) is 0 Å². The lowest BCUT2D eigenvalue weighted by Crippen LogP contribution is -2.48. The number of carbonyl (C=O) groups is 1. The number of fused-ring (bicyclic) bond motifs is 1. The van der Waals surface area contributed by atoms with Gasteiger partial charge in [0.1, 0.15) is 12.3 Å². The van der Waals surface area contributed by atoms with Crippen molar-refractivity contribution in [2.75, 3.05) is 57.6 Å². The molecule has 6 rings (SSSR count). The van der Waals surface area contributed by atoms with Gasteiger partial charge in [0.2, 0.25) is 0 Å². The van der Waals surface area contributed by atoms with Crippen LogP contribution in [-0.4, -0.2) is 80.6 Å². The van der Waals surface area contributed by atoms with Crippen LogP contribution in [0.4, 0.5) is 24.5 Å². The smallest absolute Gasteiger partial charge is 0.406 e. The second kappa shape index (κ2) is 14.7. The molecule has 0 atom stereocenters. The monoisotopic (exact) mass is 665 g/mol. The van der Waals surface area contributed by atoms with Crippen LogP contribution in [0.15, 0.2) is 42.5 Å². The molecule has 258 valence electrons. The van der Waals surface area contributed by atoms with Crippen molar-refractivity contribution in [3.05, 3.63) is 53.7 Å². The molecule has 0 bridgehead atoms. The van der Waals surface area contributed by atoms with Gasteiger partial charge in [-0.15, -0.1) is 0 Å². The van der Waals surface area contributed by atoms with Crippen LogP contribution < -0.4 is 20.7 Å². The van der Waals surface area contributed by atoms with Crippen LogP contribution in [0, 0.1) is 17.3 Å². The highest BCUT2D eigenvalue weighted by molar-refractivity contribution is 5.95. The van der Waals surface area contributed by atoms with Crippen molar-refractivity contribution in [3.8, 4) is 17.6 Å². The number of benzene rings is 2. The molecule has 1 saturated carbocycles. The Morgan fingerprint density at radius 1 is 1.02 bits per heavy atom. The van der Waals surface area contributed by atoms with E-state index >= 15 is 0 Å². The molecule has 2 aliphatic heterocycles. The first-order chi connectivity index (χ1) is 23.2. The number of nitrogens with zero attached hydrogens (tertiary/aromatic N) is 2.